The van der Waals surface area contributed by atoms with Crippen LogP contribution in [0.5, 0.6) is 5.75 Å². The van der Waals surface area contributed by atoms with E-state index in [1.54, 1.807) is 13.3 Å². The Morgan fingerprint density at radius 3 is 2.81 bits per heavy atom. The molecule has 0 spiro atoms. The molecule has 0 atom stereocenters. The summed E-state index contributed by atoms with van der Waals surface area (Å²) in [5.41, 5.74) is 1.36. The van der Waals surface area contributed by atoms with Crippen molar-refractivity contribution in [2.45, 2.75) is 64.1 Å². The van der Waals surface area contributed by atoms with E-state index in [-0.39, 0.29) is 18.1 Å². The van der Waals surface area contributed by atoms with E-state index in [1.807, 2.05) is 24.3 Å². The number of rotatable bonds is 10. The molecule has 1 aliphatic rings. The number of carbonyl (C=O) groups is 1. The first-order chi connectivity index (χ1) is 15.1. The first-order valence-corrected chi connectivity index (χ1v) is 11.1. The quantitative estimate of drug-likeness (QED) is 0.431. The van der Waals surface area contributed by atoms with Gasteiger partial charge in [-0.05, 0) is 49.8 Å². The van der Waals surface area contributed by atoms with Crippen molar-refractivity contribution in [3.05, 3.63) is 41.6 Å². The maximum Gasteiger partial charge on any atom is 0.256 e. The Hall–Kier alpha value is -2.87. The second-order valence-corrected chi connectivity index (χ2v) is 7.92. The Morgan fingerprint density at radius 1 is 1.26 bits per heavy atom. The highest BCUT2D eigenvalue weighted by Crippen LogP contribution is 2.24. The molecule has 1 aliphatic carbocycles. The van der Waals surface area contributed by atoms with Crippen molar-refractivity contribution in [3.63, 3.8) is 0 Å². The molecule has 0 aliphatic heterocycles. The van der Waals surface area contributed by atoms with Gasteiger partial charge in [-0.15, -0.1) is 0 Å². The highest BCUT2D eigenvalue weighted by Gasteiger charge is 2.22. The zero-order valence-corrected chi connectivity index (χ0v) is 18.4. The summed E-state index contributed by atoms with van der Waals surface area (Å²) in [5, 5.41) is 19.4. The second-order valence-electron chi connectivity index (χ2n) is 7.92. The minimum absolute atomic E-state index is 0.173. The van der Waals surface area contributed by atoms with Gasteiger partial charge >= 0.3 is 0 Å². The average Bonchev–Trinajstić information content (AvgIpc) is 2.79. The lowest BCUT2D eigenvalue weighted by Gasteiger charge is -2.27. The van der Waals surface area contributed by atoms with Crippen LogP contribution in [0.15, 0.2) is 30.5 Å². The summed E-state index contributed by atoms with van der Waals surface area (Å²) in [5.74, 6) is 1.55. The molecule has 31 heavy (non-hydrogen) atoms. The molecule has 1 aromatic carbocycles. The SMILES string of the molecule is CCCCNc1ncc(C(=O)NCc2cccc(OC)c2)c(NC2CCC(O)CC2)n1. The molecular weight excluding hydrogens is 394 g/mol. The fourth-order valence-corrected chi connectivity index (χ4v) is 3.59. The number of methoxy groups -OCH3 is 1. The van der Waals surface area contributed by atoms with Crippen LogP contribution in [-0.4, -0.2) is 46.8 Å². The minimum atomic E-state index is -0.236. The average molecular weight is 428 g/mol. The van der Waals surface area contributed by atoms with E-state index in [2.05, 4.69) is 32.8 Å². The molecule has 8 nitrogen and oxygen atoms in total. The third-order valence-corrected chi connectivity index (χ3v) is 5.47. The van der Waals surface area contributed by atoms with E-state index < -0.39 is 0 Å². The molecule has 3 rings (SSSR count). The van der Waals surface area contributed by atoms with Gasteiger partial charge in [-0.3, -0.25) is 4.79 Å². The number of ether oxygens (including phenoxy) is 1. The van der Waals surface area contributed by atoms with Gasteiger partial charge in [0.1, 0.15) is 17.1 Å². The molecule has 0 bridgehead atoms. The van der Waals surface area contributed by atoms with Crippen LogP contribution >= 0.6 is 0 Å². The number of hydrogen-bond acceptors (Lipinski definition) is 7. The number of nitrogens with one attached hydrogen (secondary N) is 3. The maximum absolute atomic E-state index is 12.9. The fourth-order valence-electron chi connectivity index (χ4n) is 3.59. The van der Waals surface area contributed by atoms with Crippen molar-refractivity contribution in [1.29, 1.82) is 0 Å². The zero-order valence-electron chi connectivity index (χ0n) is 18.4. The summed E-state index contributed by atoms with van der Waals surface area (Å²) in [4.78, 5) is 21.9. The van der Waals surface area contributed by atoms with Crippen LogP contribution in [0.25, 0.3) is 0 Å². The van der Waals surface area contributed by atoms with E-state index in [0.717, 1.165) is 56.4 Å². The van der Waals surface area contributed by atoms with Crippen LogP contribution < -0.4 is 20.7 Å². The number of aliphatic hydroxyl groups excluding tert-OH is 1. The number of aliphatic hydroxyl groups is 1. The smallest absolute Gasteiger partial charge is 0.256 e. The number of nitrogens with zero attached hydrogens (tertiary/aromatic N) is 2. The molecule has 1 heterocycles. The molecule has 1 saturated carbocycles. The molecule has 2 aromatic rings. The molecule has 168 valence electrons. The molecule has 0 radical (unpaired) electrons. The van der Waals surface area contributed by atoms with Crippen molar-refractivity contribution in [2.24, 2.45) is 0 Å². The van der Waals surface area contributed by atoms with Gasteiger partial charge in [-0.2, -0.15) is 4.98 Å². The van der Waals surface area contributed by atoms with Gasteiger partial charge in [0.25, 0.3) is 5.91 Å². The topological polar surface area (TPSA) is 108 Å². The van der Waals surface area contributed by atoms with Crippen molar-refractivity contribution in [3.8, 4) is 5.75 Å². The van der Waals surface area contributed by atoms with Gasteiger partial charge in [0.05, 0.1) is 13.2 Å². The van der Waals surface area contributed by atoms with Crippen LogP contribution in [0.1, 0.15) is 61.4 Å². The van der Waals surface area contributed by atoms with Crippen LogP contribution in [0.3, 0.4) is 0 Å². The number of aromatic nitrogens is 2. The predicted molar refractivity (Wildman–Crippen MR) is 121 cm³/mol. The number of amides is 1. The van der Waals surface area contributed by atoms with Gasteiger partial charge in [0.2, 0.25) is 5.95 Å². The summed E-state index contributed by atoms with van der Waals surface area (Å²) >= 11 is 0. The molecule has 0 saturated heterocycles. The van der Waals surface area contributed by atoms with Gasteiger partial charge in [0, 0.05) is 25.3 Å². The number of unbranched alkanes of at least 4 members (excludes halogenated alkanes) is 1. The fraction of sp³-hybridized carbons (Fsp3) is 0.522. The lowest BCUT2D eigenvalue weighted by Crippen LogP contribution is -2.31. The molecule has 1 aromatic heterocycles. The monoisotopic (exact) mass is 427 g/mol. The number of carbonyl (C=O) groups excluding carboxylic acids is 1. The first kappa shape index (κ1) is 22.8. The third-order valence-electron chi connectivity index (χ3n) is 5.47. The Morgan fingerprint density at radius 2 is 2.06 bits per heavy atom. The van der Waals surface area contributed by atoms with E-state index in [4.69, 9.17) is 4.74 Å². The lowest BCUT2D eigenvalue weighted by molar-refractivity contribution is 0.0950. The van der Waals surface area contributed by atoms with Gasteiger partial charge < -0.3 is 25.8 Å². The van der Waals surface area contributed by atoms with Crippen LogP contribution in [0.4, 0.5) is 11.8 Å². The van der Waals surface area contributed by atoms with E-state index in [0.29, 0.717) is 23.9 Å². The molecule has 1 fully saturated rings. The summed E-state index contributed by atoms with van der Waals surface area (Å²) in [6.07, 6.45) is 6.62. The van der Waals surface area contributed by atoms with Crippen molar-refractivity contribution < 1.29 is 14.6 Å². The number of hydrogen-bond donors (Lipinski definition) is 4. The van der Waals surface area contributed by atoms with E-state index in [9.17, 15) is 9.90 Å². The summed E-state index contributed by atoms with van der Waals surface area (Å²) in [6.45, 7) is 3.29. The molecule has 1 amide bonds. The highest BCUT2D eigenvalue weighted by molar-refractivity contribution is 5.98. The standard InChI is InChI=1S/C23H33N5O3/c1-3-4-12-24-23-26-15-20(21(28-23)27-17-8-10-18(29)11-9-17)22(30)25-14-16-6-5-7-19(13-16)31-2/h5-7,13,15,17-18,29H,3-4,8-12,14H2,1-2H3,(H,25,30)(H2,24,26,27,28). The van der Waals surface area contributed by atoms with Crippen LogP contribution in [-0.2, 0) is 6.54 Å². The second kappa shape index (κ2) is 11.5. The van der Waals surface area contributed by atoms with Crippen molar-refractivity contribution in [1.82, 2.24) is 15.3 Å². The normalized spacial score (nSPS) is 18.3. The van der Waals surface area contributed by atoms with E-state index >= 15 is 0 Å². The Balaban J connectivity index is 1.72. The summed E-state index contributed by atoms with van der Waals surface area (Å²) in [6, 6.07) is 7.76. The largest absolute Gasteiger partial charge is 0.497 e. The molecule has 8 heteroatoms. The Labute approximate surface area is 183 Å². The number of anilines is 2. The highest BCUT2D eigenvalue weighted by atomic mass is 16.5. The van der Waals surface area contributed by atoms with Crippen LogP contribution in [0.2, 0.25) is 0 Å². The molecular formula is C23H33N5O3. The Kier molecular flexibility index (Phi) is 8.46. The lowest BCUT2D eigenvalue weighted by atomic mass is 9.93. The number of benzene rings is 1. The minimum Gasteiger partial charge on any atom is -0.497 e. The van der Waals surface area contributed by atoms with Gasteiger partial charge in [0.15, 0.2) is 0 Å². The zero-order chi connectivity index (χ0) is 22.1. The van der Waals surface area contributed by atoms with Gasteiger partial charge in [-0.1, -0.05) is 25.5 Å². The molecule has 0 unspecified atom stereocenters. The Bertz CT molecular complexity index is 853. The van der Waals surface area contributed by atoms with Crippen molar-refractivity contribution in [2.75, 3.05) is 24.3 Å². The van der Waals surface area contributed by atoms with Crippen molar-refractivity contribution >= 4 is 17.7 Å². The summed E-state index contributed by atoms with van der Waals surface area (Å²) in [7, 11) is 1.62. The van der Waals surface area contributed by atoms with Crippen LogP contribution in [0, 0.1) is 0 Å². The third kappa shape index (κ3) is 6.82. The van der Waals surface area contributed by atoms with Gasteiger partial charge in [-0.25, -0.2) is 4.98 Å². The first-order valence-electron chi connectivity index (χ1n) is 11.1. The maximum atomic E-state index is 12.9. The van der Waals surface area contributed by atoms with E-state index in [1.165, 1.54) is 0 Å². The summed E-state index contributed by atoms with van der Waals surface area (Å²) < 4.78 is 5.24. The predicted octanol–water partition coefficient (Wildman–Crippen LogP) is 3.34. The molecule has 4 N–H and O–H groups in total.